The predicted octanol–water partition coefficient (Wildman–Crippen LogP) is 1.89. The highest BCUT2D eigenvalue weighted by Crippen LogP contribution is 2.27. The summed E-state index contributed by atoms with van der Waals surface area (Å²) in [6.07, 6.45) is 2.16. The zero-order chi connectivity index (χ0) is 20.4. The maximum Gasteiger partial charge on any atom is 0.352 e. The van der Waals surface area contributed by atoms with Crippen molar-refractivity contribution in [2.24, 2.45) is 5.92 Å². The van der Waals surface area contributed by atoms with Crippen LogP contribution in [0.25, 0.3) is 5.69 Å². The van der Waals surface area contributed by atoms with Gasteiger partial charge in [-0.15, -0.1) is 0 Å². The lowest BCUT2D eigenvalue weighted by atomic mass is 10.2. The molecule has 7 heteroatoms. The molecule has 1 aliphatic carbocycles. The zero-order valence-corrected chi connectivity index (χ0v) is 16.2. The van der Waals surface area contributed by atoms with E-state index in [0.29, 0.717) is 18.2 Å². The van der Waals surface area contributed by atoms with Gasteiger partial charge in [0.2, 0.25) is 5.69 Å². The smallest absolute Gasteiger partial charge is 0.350 e. The Balaban J connectivity index is 1.81. The highest BCUT2D eigenvalue weighted by molar-refractivity contribution is 5.91. The fraction of sp³-hybridized carbons (Fsp3) is 0.273. The minimum absolute atomic E-state index is 0.0653. The van der Waals surface area contributed by atoms with Crippen molar-refractivity contribution in [3.63, 3.8) is 0 Å². The summed E-state index contributed by atoms with van der Waals surface area (Å²) < 4.78 is 2.18. The van der Waals surface area contributed by atoms with Gasteiger partial charge in [-0.1, -0.05) is 48.0 Å². The molecule has 7 nitrogen and oxygen atoms in total. The Labute approximate surface area is 167 Å². The molecule has 0 bridgehead atoms. The number of hydrogen-bond donors (Lipinski definition) is 1. The monoisotopic (exact) mass is 390 g/mol. The SMILES string of the molecule is Cc1ccc(-n2nc(C(=O)NCC3CC3)c(=O)n(Cc3ccccc3)c2=O)cc1. The summed E-state index contributed by atoms with van der Waals surface area (Å²) >= 11 is 0. The van der Waals surface area contributed by atoms with E-state index < -0.39 is 17.2 Å². The molecule has 1 aromatic heterocycles. The zero-order valence-electron chi connectivity index (χ0n) is 16.2. The number of amides is 1. The highest BCUT2D eigenvalue weighted by Gasteiger charge is 2.25. The van der Waals surface area contributed by atoms with E-state index in [1.165, 1.54) is 0 Å². The van der Waals surface area contributed by atoms with Crippen molar-refractivity contribution in [3.05, 3.63) is 92.3 Å². The van der Waals surface area contributed by atoms with Gasteiger partial charge in [0, 0.05) is 6.54 Å². The van der Waals surface area contributed by atoms with E-state index >= 15 is 0 Å². The van der Waals surface area contributed by atoms with Crippen molar-refractivity contribution in [3.8, 4) is 5.69 Å². The van der Waals surface area contributed by atoms with Gasteiger partial charge in [-0.3, -0.25) is 14.2 Å². The van der Waals surface area contributed by atoms with Crippen molar-refractivity contribution in [2.45, 2.75) is 26.3 Å². The summed E-state index contributed by atoms with van der Waals surface area (Å²) in [6, 6.07) is 16.4. The van der Waals surface area contributed by atoms with Crippen molar-refractivity contribution in [1.82, 2.24) is 19.7 Å². The van der Waals surface area contributed by atoms with Crippen molar-refractivity contribution in [1.29, 1.82) is 0 Å². The van der Waals surface area contributed by atoms with Crippen LogP contribution < -0.4 is 16.6 Å². The number of aromatic nitrogens is 3. The lowest BCUT2D eigenvalue weighted by Crippen LogP contribution is -2.46. The molecular weight excluding hydrogens is 368 g/mol. The molecule has 1 N–H and O–H groups in total. The average Bonchev–Trinajstić information content (AvgIpc) is 3.56. The van der Waals surface area contributed by atoms with E-state index in [9.17, 15) is 14.4 Å². The van der Waals surface area contributed by atoms with E-state index in [1.807, 2.05) is 49.4 Å². The van der Waals surface area contributed by atoms with Crippen molar-refractivity contribution in [2.75, 3.05) is 6.54 Å². The molecule has 0 saturated heterocycles. The Morgan fingerprint density at radius 1 is 1.07 bits per heavy atom. The molecule has 0 unspecified atom stereocenters. The number of benzene rings is 2. The Bertz CT molecular complexity index is 1140. The molecule has 0 spiro atoms. The first kappa shape index (κ1) is 18.9. The van der Waals surface area contributed by atoms with Crippen LogP contribution in [0.3, 0.4) is 0 Å². The molecule has 1 aliphatic rings. The first-order valence-electron chi connectivity index (χ1n) is 9.66. The van der Waals surface area contributed by atoms with E-state index in [2.05, 4.69) is 10.4 Å². The van der Waals surface area contributed by atoms with Gasteiger partial charge in [0.1, 0.15) is 0 Å². The molecule has 3 aromatic rings. The highest BCUT2D eigenvalue weighted by atomic mass is 16.2. The molecule has 1 fully saturated rings. The van der Waals surface area contributed by atoms with E-state index in [4.69, 9.17) is 0 Å². The third kappa shape index (κ3) is 4.18. The van der Waals surface area contributed by atoms with Crippen LogP contribution in [-0.4, -0.2) is 26.8 Å². The summed E-state index contributed by atoms with van der Waals surface area (Å²) in [5, 5.41) is 6.90. The molecule has 1 saturated carbocycles. The standard InChI is InChI=1S/C22H22N4O3/c1-15-7-11-18(12-8-15)26-22(29)25(14-17-5-3-2-4-6-17)21(28)19(24-26)20(27)23-13-16-9-10-16/h2-8,11-12,16H,9-10,13-14H2,1H3,(H,23,27). The minimum atomic E-state index is -0.685. The van der Waals surface area contributed by atoms with Gasteiger partial charge in [-0.2, -0.15) is 9.78 Å². The van der Waals surface area contributed by atoms with E-state index in [1.54, 1.807) is 12.1 Å². The van der Waals surface area contributed by atoms with Crippen molar-refractivity contribution >= 4 is 5.91 Å². The average molecular weight is 390 g/mol. The van der Waals surface area contributed by atoms with Gasteiger partial charge >= 0.3 is 5.69 Å². The second kappa shape index (κ2) is 7.87. The number of aryl methyl sites for hydroxylation is 1. The fourth-order valence-electron chi connectivity index (χ4n) is 3.06. The summed E-state index contributed by atoms with van der Waals surface area (Å²) in [5.41, 5.74) is 0.775. The Hall–Kier alpha value is -3.48. The molecule has 2 aromatic carbocycles. The lowest BCUT2D eigenvalue weighted by Gasteiger charge is -2.12. The lowest BCUT2D eigenvalue weighted by molar-refractivity contribution is 0.0942. The number of hydrogen-bond acceptors (Lipinski definition) is 4. The van der Waals surface area contributed by atoms with Gasteiger partial charge in [0.05, 0.1) is 12.2 Å². The van der Waals surface area contributed by atoms with Crippen LogP contribution in [-0.2, 0) is 6.54 Å². The fourth-order valence-corrected chi connectivity index (χ4v) is 3.06. The molecule has 1 amide bonds. The summed E-state index contributed by atoms with van der Waals surface area (Å²) in [6.45, 7) is 2.52. The quantitative estimate of drug-likeness (QED) is 0.696. The molecule has 0 aliphatic heterocycles. The van der Waals surface area contributed by atoms with Gasteiger partial charge in [-0.25, -0.2) is 4.79 Å². The molecule has 1 heterocycles. The van der Waals surface area contributed by atoms with Crippen molar-refractivity contribution < 1.29 is 4.79 Å². The molecule has 4 rings (SSSR count). The third-order valence-corrected chi connectivity index (χ3v) is 4.99. The minimum Gasteiger partial charge on any atom is -0.350 e. The van der Waals surface area contributed by atoms with Gasteiger partial charge < -0.3 is 5.32 Å². The maximum absolute atomic E-state index is 13.1. The number of rotatable bonds is 6. The van der Waals surface area contributed by atoms with Crippen LogP contribution in [0.4, 0.5) is 0 Å². The largest absolute Gasteiger partial charge is 0.352 e. The summed E-state index contributed by atoms with van der Waals surface area (Å²) in [4.78, 5) is 38.7. The van der Waals surface area contributed by atoms with Gasteiger partial charge in [-0.05, 0) is 43.4 Å². The normalized spacial score (nSPS) is 13.3. The second-order valence-electron chi connectivity index (χ2n) is 7.41. The van der Waals surface area contributed by atoms with Crippen LogP contribution in [0.15, 0.2) is 64.2 Å². The predicted molar refractivity (Wildman–Crippen MR) is 109 cm³/mol. The maximum atomic E-state index is 13.1. The number of nitrogens with one attached hydrogen (secondary N) is 1. The van der Waals surface area contributed by atoms with Crippen LogP contribution in [0.1, 0.15) is 34.5 Å². The second-order valence-corrected chi connectivity index (χ2v) is 7.41. The van der Waals surface area contributed by atoms with Crippen LogP contribution in [0, 0.1) is 12.8 Å². The Kier molecular flexibility index (Phi) is 5.12. The first-order valence-corrected chi connectivity index (χ1v) is 9.66. The third-order valence-electron chi connectivity index (χ3n) is 4.99. The Morgan fingerprint density at radius 3 is 2.41 bits per heavy atom. The van der Waals surface area contributed by atoms with Gasteiger partial charge in [0.15, 0.2) is 0 Å². The number of carbonyl (C=O) groups excluding carboxylic acids is 1. The van der Waals surface area contributed by atoms with Crippen LogP contribution in [0.2, 0.25) is 0 Å². The summed E-state index contributed by atoms with van der Waals surface area (Å²) in [5.74, 6) is -0.0851. The van der Waals surface area contributed by atoms with Gasteiger partial charge in [0.25, 0.3) is 11.5 Å². The topological polar surface area (TPSA) is 86.0 Å². The molecule has 29 heavy (non-hydrogen) atoms. The number of carbonyl (C=O) groups is 1. The molecule has 0 atom stereocenters. The van der Waals surface area contributed by atoms with E-state index in [-0.39, 0.29) is 12.2 Å². The summed E-state index contributed by atoms with van der Waals surface area (Å²) in [7, 11) is 0. The molecular formula is C22H22N4O3. The Morgan fingerprint density at radius 2 is 1.76 bits per heavy atom. The van der Waals surface area contributed by atoms with Crippen LogP contribution in [0.5, 0.6) is 0 Å². The first-order chi connectivity index (χ1) is 14.0. The van der Waals surface area contributed by atoms with Crippen LogP contribution >= 0.6 is 0 Å². The van der Waals surface area contributed by atoms with E-state index in [0.717, 1.165) is 33.2 Å². The molecule has 0 radical (unpaired) electrons. The molecule has 148 valence electrons. The number of nitrogens with zero attached hydrogens (tertiary/aromatic N) is 3.